The molecule has 1 aromatic carbocycles. The van der Waals surface area contributed by atoms with Crippen LogP contribution in [0.2, 0.25) is 0 Å². The van der Waals surface area contributed by atoms with E-state index >= 15 is 0 Å². The van der Waals surface area contributed by atoms with Crippen LogP contribution in [0.4, 0.5) is 14.5 Å². The van der Waals surface area contributed by atoms with Crippen LogP contribution in [0.1, 0.15) is 17.3 Å². The highest BCUT2D eigenvalue weighted by molar-refractivity contribution is 5.96. The van der Waals surface area contributed by atoms with Gasteiger partial charge in [0.15, 0.2) is 5.82 Å². The number of nitrogens with two attached hydrogens (primary N) is 1. The second-order valence-corrected chi connectivity index (χ2v) is 4.25. The summed E-state index contributed by atoms with van der Waals surface area (Å²) in [4.78, 5) is 13.5. The van der Waals surface area contributed by atoms with E-state index in [0.29, 0.717) is 19.8 Å². The molecule has 1 aromatic rings. The zero-order chi connectivity index (χ0) is 13.3. The Morgan fingerprint density at radius 3 is 2.89 bits per heavy atom. The maximum atomic E-state index is 13.8. The van der Waals surface area contributed by atoms with Gasteiger partial charge in [0.2, 0.25) is 0 Å². The summed E-state index contributed by atoms with van der Waals surface area (Å²) in [5.41, 5.74) is 4.53. The zero-order valence-corrected chi connectivity index (χ0v) is 9.95. The summed E-state index contributed by atoms with van der Waals surface area (Å²) in [6.45, 7) is 2.80. The molecule has 0 unspecified atom stereocenters. The number of carbonyl (C=O) groups excluding carboxylic acids is 1. The van der Waals surface area contributed by atoms with Crippen molar-refractivity contribution in [2.24, 2.45) is 0 Å². The minimum Gasteiger partial charge on any atom is -0.396 e. The molecule has 18 heavy (non-hydrogen) atoms. The molecule has 1 aliphatic rings. The molecule has 1 fully saturated rings. The average molecular weight is 256 g/mol. The molecular formula is C12H14F2N2O2. The van der Waals surface area contributed by atoms with E-state index in [9.17, 15) is 13.6 Å². The van der Waals surface area contributed by atoms with E-state index in [-0.39, 0.29) is 11.7 Å². The lowest BCUT2D eigenvalue weighted by atomic mass is 10.1. The molecule has 1 saturated heterocycles. The molecule has 1 aliphatic heterocycles. The minimum atomic E-state index is -1.00. The van der Waals surface area contributed by atoms with Crippen LogP contribution in [-0.4, -0.2) is 36.6 Å². The summed E-state index contributed by atoms with van der Waals surface area (Å²) in [5, 5.41) is 0. The van der Waals surface area contributed by atoms with Crippen molar-refractivity contribution >= 4 is 11.6 Å². The molecule has 0 aliphatic carbocycles. The molecule has 0 spiro atoms. The maximum Gasteiger partial charge on any atom is 0.260 e. The Morgan fingerprint density at radius 1 is 1.50 bits per heavy atom. The number of ether oxygens (including phenoxy) is 1. The monoisotopic (exact) mass is 256 g/mol. The average Bonchev–Trinajstić information content (AvgIpc) is 2.35. The largest absolute Gasteiger partial charge is 0.396 e. The van der Waals surface area contributed by atoms with Crippen molar-refractivity contribution in [3.63, 3.8) is 0 Å². The lowest BCUT2D eigenvalue weighted by molar-refractivity contribution is 0.00309. The predicted molar refractivity (Wildman–Crippen MR) is 62.1 cm³/mol. The second-order valence-electron chi connectivity index (χ2n) is 4.25. The smallest absolute Gasteiger partial charge is 0.260 e. The van der Waals surface area contributed by atoms with Crippen LogP contribution in [0.25, 0.3) is 0 Å². The Kier molecular flexibility index (Phi) is 3.47. The molecule has 2 N–H and O–H groups in total. The SMILES string of the molecule is C[C@@H]1COCCN1C(=O)c1c(F)ccc(N)c1F. The summed E-state index contributed by atoms with van der Waals surface area (Å²) >= 11 is 0. The third-order valence-electron chi connectivity index (χ3n) is 2.96. The number of amides is 1. The number of hydrogen-bond donors (Lipinski definition) is 1. The lowest BCUT2D eigenvalue weighted by Gasteiger charge is -2.33. The zero-order valence-electron chi connectivity index (χ0n) is 9.95. The number of anilines is 1. The Morgan fingerprint density at radius 2 is 2.22 bits per heavy atom. The van der Waals surface area contributed by atoms with E-state index in [4.69, 9.17) is 10.5 Å². The molecule has 2 rings (SSSR count). The number of morpholine rings is 1. The van der Waals surface area contributed by atoms with Crippen LogP contribution in [-0.2, 0) is 4.74 Å². The van der Waals surface area contributed by atoms with Crippen LogP contribution in [0.3, 0.4) is 0 Å². The van der Waals surface area contributed by atoms with Gasteiger partial charge in [-0.15, -0.1) is 0 Å². The molecule has 1 atom stereocenters. The highest BCUT2D eigenvalue weighted by Gasteiger charge is 2.29. The molecule has 6 heteroatoms. The fraction of sp³-hybridized carbons (Fsp3) is 0.417. The second kappa shape index (κ2) is 4.89. The summed E-state index contributed by atoms with van der Waals surface area (Å²) in [6, 6.07) is 1.88. The molecule has 98 valence electrons. The number of nitrogens with zero attached hydrogens (tertiary/aromatic N) is 1. The molecule has 4 nitrogen and oxygen atoms in total. The van der Waals surface area contributed by atoms with E-state index in [1.165, 1.54) is 4.90 Å². The molecule has 1 amide bonds. The Bertz CT molecular complexity index is 479. The van der Waals surface area contributed by atoms with Gasteiger partial charge in [-0.2, -0.15) is 0 Å². The van der Waals surface area contributed by atoms with Gasteiger partial charge in [-0.1, -0.05) is 0 Å². The van der Waals surface area contributed by atoms with Gasteiger partial charge < -0.3 is 15.4 Å². The summed E-state index contributed by atoms with van der Waals surface area (Å²) < 4.78 is 32.5. The van der Waals surface area contributed by atoms with Gasteiger partial charge in [-0.25, -0.2) is 8.78 Å². The molecular weight excluding hydrogens is 242 g/mol. The lowest BCUT2D eigenvalue weighted by Crippen LogP contribution is -2.47. The van der Waals surface area contributed by atoms with Crippen LogP contribution in [0.15, 0.2) is 12.1 Å². The Hall–Kier alpha value is -1.69. The number of hydrogen-bond acceptors (Lipinski definition) is 3. The van der Waals surface area contributed by atoms with Crippen molar-refractivity contribution < 1.29 is 18.3 Å². The van der Waals surface area contributed by atoms with E-state index in [0.717, 1.165) is 12.1 Å². The third kappa shape index (κ3) is 2.15. The molecule has 0 saturated carbocycles. The van der Waals surface area contributed by atoms with Gasteiger partial charge in [0.05, 0.1) is 24.9 Å². The van der Waals surface area contributed by atoms with Gasteiger partial charge in [-0.05, 0) is 19.1 Å². The summed E-state index contributed by atoms with van der Waals surface area (Å²) in [5.74, 6) is -2.59. The van der Waals surface area contributed by atoms with Gasteiger partial charge in [0, 0.05) is 6.54 Å². The number of nitrogen functional groups attached to an aromatic ring is 1. The molecule has 0 aromatic heterocycles. The first-order chi connectivity index (χ1) is 8.52. The predicted octanol–water partition coefficient (Wildman–Crippen LogP) is 1.41. The summed E-state index contributed by atoms with van der Waals surface area (Å²) in [7, 11) is 0. The topological polar surface area (TPSA) is 55.6 Å². The fourth-order valence-electron chi connectivity index (χ4n) is 1.94. The number of halogens is 2. The first kappa shape index (κ1) is 12.8. The first-order valence-corrected chi connectivity index (χ1v) is 5.64. The van der Waals surface area contributed by atoms with Crippen molar-refractivity contribution in [1.82, 2.24) is 4.90 Å². The van der Waals surface area contributed by atoms with Crippen molar-refractivity contribution in [2.45, 2.75) is 13.0 Å². The number of benzene rings is 1. The minimum absolute atomic E-state index is 0.216. The molecule has 1 heterocycles. The van der Waals surface area contributed by atoms with Crippen molar-refractivity contribution in [3.05, 3.63) is 29.3 Å². The van der Waals surface area contributed by atoms with Gasteiger partial charge in [0.1, 0.15) is 11.4 Å². The molecule has 0 bridgehead atoms. The van der Waals surface area contributed by atoms with Crippen molar-refractivity contribution in [2.75, 3.05) is 25.5 Å². The van der Waals surface area contributed by atoms with Crippen LogP contribution in [0, 0.1) is 11.6 Å². The van der Waals surface area contributed by atoms with Crippen molar-refractivity contribution in [1.29, 1.82) is 0 Å². The van der Waals surface area contributed by atoms with E-state index in [1.54, 1.807) is 6.92 Å². The highest BCUT2D eigenvalue weighted by atomic mass is 19.1. The number of rotatable bonds is 1. The Balaban J connectivity index is 2.36. The van der Waals surface area contributed by atoms with E-state index < -0.39 is 23.1 Å². The first-order valence-electron chi connectivity index (χ1n) is 5.64. The summed E-state index contributed by atoms with van der Waals surface area (Å²) in [6.07, 6.45) is 0. The van der Waals surface area contributed by atoms with Crippen LogP contribution >= 0.6 is 0 Å². The normalized spacial score (nSPS) is 19.9. The maximum absolute atomic E-state index is 13.8. The van der Waals surface area contributed by atoms with Gasteiger partial charge >= 0.3 is 0 Å². The molecule has 0 radical (unpaired) electrons. The standard InChI is InChI=1S/C12H14F2N2O2/c1-7-6-18-5-4-16(7)12(17)10-8(13)2-3-9(15)11(10)14/h2-3,7H,4-6,15H2,1H3/t7-/m1/s1. The van der Waals surface area contributed by atoms with Crippen LogP contribution in [0.5, 0.6) is 0 Å². The number of carbonyl (C=O) groups is 1. The Labute approximate surface area is 103 Å². The van der Waals surface area contributed by atoms with Crippen molar-refractivity contribution in [3.8, 4) is 0 Å². The van der Waals surface area contributed by atoms with Crippen LogP contribution < -0.4 is 5.73 Å². The van der Waals surface area contributed by atoms with Gasteiger partial charge in [0.25, 0.3) is 5.91 Å². The third-order valence-corrected chi connectivity index (χ3v) is 2.96. The highest BCUT2D eigenvalue weighted by Crippen LogP contribution is 2.22. The quantitative estimate of drug-likeness (QED) is 0.773. The van der Waals surface area contributed by atoms with Gasteiger partial charge in [-0.3, -0.25) is 4.79 Å². The van der Waals surface area contributed by atoms with E-state index in [1.807, 2.05) is 0 Å². The van der Waals surface area contributed by atoms with E-state index in [2.05, 4.69) is 0 Å². The fourth-order valence-corrected chi connectivity index (χ4v) is 1.94.